The molecule has 1 aromatic carbocycles. The highest BCUT2D eigenvalue weighted by Crippen LogP contribution is 2.15. The standard InChI is InChI=1S/C9H11ClO4S/c10-15(13,14)6-7-1-3-8(4-2-7)9(12)5-11/h1-4,9,11-12H,5-6H2. The average Bonchev–Trinajstić information content (AvgIpc) is 2.15. The van der Waals surface area contributed by atoms with Crippen molar-refractivity contribution < 1.29 is 18.6 Å². The van der Waals surface area contributed by atoms with Gasteiger partial charge in [0.1, 0.15) is 6.10 Å². The molecule has 0 aliphatic rings. The van der Waals surface area contributed by atoms with Crippen LogP contribution in [0.2, 0.25) is 0 Å². The van der Waals surface area contributed by atoms with Crippen LogP contribution in [0.1, 0.15) is 17.2 Å². The summed E-state index contributed by atoms with van der Waals surface area (Å²) in [7, 11) is 1.52. The summed E-state index contributed by atoms with van der Waals surface area (Å²) in [4.78, 5) is 0. The van der Waals surface area contributed by atoms with Crippen LogP contribution in [0.15, 0.2) is 24.3 Å². The lowest BCUT2D eigenvalue weighted by Crippen LogP contribution is -2.02. The maximum absolute atomic E-state index is 10.8. The molecule has 0 saturated carbocycles. The molecule has 15 heavy (non-hydrogen) atoms. The van der Waals surface area contributed by atoms with Gasteiger partial charge in [-0.15, -0.1) is 0 Å². The third-order valence-corrected chi connectivity index (χ3v) is 2.88. The van der Waals surface area contributed by atoms with Gasteiger partial charge in [0.2, 0.25) is 9.05 Å². The Morgan fingerprint density at radius 3 is 2.20 bits per heavy atom. The molecule has 1 atom stereocenters. The first-order valence-corrected chi connectivity index (χ1v) is 6.70. The topological polar surface area (TPSA) is 74.6 Å². The molecule has 0 saturated heterocycles. The predicted octanol–water partition coefficient (Wildman–Crippen LogP) is 0.781. The van der Waals surface area contributed by atoms with Crippen LogP contribution in [-0.4, -0.2) is 25.2 Å². The highest BCUT2D eigenvalue weighted by atomic mass is 35.7. The van der Waals surface area contributed by atoms with Crippen molar-refractivity contribution in [1.82, 2.24) is 0 Å². The molecule has 84 valence electrons. The minimum Gasteiger partial charge on any atom is -0.393 e. The van der Waals surface area contributed by atoms with E-state index in [4.69, 9.17) is 15.8 Å². The van der Waals surface area contributed by atoms with E-state index in [1.807, 2.05) is 0 Å². The predicted molar refractivity (Wildman–Crippen MR) is 57.0 cm³/mol. The fourth-order valence-electron chi connectivity index (χ4n) is 1.14. The molecule has 0 spiro atoms. The third kappa shape index (κ3) is 4.17. The molecule has 4 nitrogen and oxygen atoms in total. The second-order valence-corrected chi connectivity index (χ2v) is 5.90. The molecule has 0 radical (unpaired) electrons. The lowest BCUT2D eigenvalue weighted by atomic mass is 10.1. The van der Waals surface area contributed by atoms with E-state index in [0.29, 0.717) is 11.1 Å². The molecule has 0 fully saturated rings. The van der Waals surface area contributed by atoms with Crippen molar-refractivity contribution in [2.75, 3.05) is 6.61 Å². The van der Waals surface area contributed by atoms with Crippen molar-refractivity contribution >= 4 is 19.7 Å². The van der Waals surface area contributed by atoms with Crippen LogP contribution in [0.4, 0.5) is 0 Å². The summed E-state index contributed by atoms with van der Waals surface area (Å²) in [6.45, 7) is -0.368. The van der Waals surface area contributed by atoms with Crippen molar-refractivity contribution in [2.45, 2.75) is 11.9 Å². The molecule has 1 unspecified atom stereocenters. The summed E-state index contributed by atoms with van der Waals surface area (Å²) in [5, 5.41) is 17.9. The molecule has 0 aromatic heterocycles. The van der Waals surface area contributed by atoms with E-state index in [1.54, 1.807) is 24.3 Å². The number of aliphatic hydroxyl groups excluding tert-OH is 2. The van der Waals surface area contributed by atoms with Crippen molar-refractivity contribution in [3.63, 3.8) is 0 Å². The molecule has 0 heterocycles. The van der Waals surface area contributed by atoms with Gasteiger partial charge in [-0.1, -0.05) is 24.3 Å². The summed E-state index contributed by atoms with van der Waals surface area (Å²) in [6, 6.07) is 6.21. The largest absolute Gasteiger partial charge is 0.393 e. The quantitative estimate of drug-likeness (QED) is 0.775. The number of halogens is 1. The first kappa shape index (κ1) is 12.4. The third-order valence-electron chi connectivity index (χ3n) is 1.88. The van der Waals surface area contributed by atoms with Crippen molar-refractivity contribution in [3.8, 4) is 0 Å². The Balaban J connectivity index is 2.81. The first-order valence-electron chi connectivity index (χ1n) is 4.22. The molecular weight excluding hydrogens is 240 g/mol. The van der Waals surface area contributed by atoms with Crippen LogP contribution >= 0.6 is 10.7 Å². The molecule has 0 amide bonds. The number of benzene rings is 1. The van der Waals surface area contributed by atoms with Gasteiger partial charge in [0.25, 0.3) is 0 Å². The van der Waals surface area contributed by atoms with Crippen LogP contribution in [0.25, 0.3) is 0 Å². The number of rotatable bonds is 4. The van der Waals surface area contributed by atoms with Crippen molar-refractivity contribution in [2.24, 2.45) is 0 Å². The van der Waals surface area contributed by atoms with Crippen LogP contribution in [0.5, 0.6) is 0 Å². The van der Waals surface area contributed by atoms with E-state index >= 15 is 0 Å². The summed E-state index contributed by atoms with van der Waals surface area (Å²) in [5.41, 5.74) is 1.08. The Labute approximate surface area is 92.5 Å². The monoisotopic (exact) mass is 250 g/mol. The van der Waals surface area contributed by atoms with Gasteiger partial charge in [0.15, 0.2) is 0 Å². The smallest absolute Gasteiger partial charge is 0.236 e. The highest BCUT2D eigenvalue weighted by Gasteiger charge is 2.09. The first-order chi connectivity index (χ1) is 6.92. The van der Waals surface area contributed by atoms with Gasteiger partial charge >= 0.3 is 0 Å². The molecular formula is C9H11ClO4S. The molecule has 1 rings (SSSR count). The lowest BCUT2D eigenvalue weighted by Gasteiger charge is -2.07. The van der Waals surface area contributed by atoms with Crippen molar-refractivity contribution in [1.29, 1.82) is 0 Å². The Morgan fingerprint density at radius 1 is 1.27 bits per heavy atom. The zero-order valence-electron chi connectivity index (χ0n) is 7.80. The average molecular weight is 251 g/mol. The Bertz CT molecular complexity index is 412. The highest BCUT2D eigenvalue weighted by molar-refractivity contribution is 8.13. The minimum absolute atomic E-state index is 0.246. The molecule has 1 aromatic rings. The van der Waals surface area contributed by atoms with E-state index in [-0.39, 0.29) is 12.4 Å². The van der Waals surface area contributed by atoms with E-state index in [1.165, 1.54) is 0 Å². The molecule has 0 aliphatic heterocycles. The SMILES string of the molecule is O=S(=O)(Cl)Cc1ccc(C(O)CO)cc1. The Kier molecular flexibility index (Phi) is 4.10. The van der Waals surface area contributed by atoms with Crippen LogP contribution < -0.4 is 0 Å². The van der Waals surface area contributed by atoms with Gasteiger partial charge in [-0.05, 0) is 11.1 Å². The summed E-state index contributed by atoms with van der Waals surface area (Å²) in [5.74, 6) is -0.246. The summed E-state index contributed by atoms with van der Waals surface area (Å²) in [6.07, 6.45) is -0.938. The molecule has 0 aliphatic carbocycles. The maximum Gasteiger partial charge on any atom is 0.236 e. The van der Waals surface area contributed by atoms with Gasteiger partial charge in [-0.3, -0.25) is 0 Å². The maximum atomic E-state index is 10.8. The number of hydrogen-bond donors (Lipinski definition) is 2. The van der Waals surface area contributed by atoms with Crippen LogP contribution in [0.3, 0.4) is 0 Å². The molecule has 2 N–H and O–H groups in total. The van der Waals surface area contributed by atoms with Gasteiger partial charge in [-0.25, -0.2) is 8.42 Å². The van der Waals surface area contributed by atoms with Crippen molar-refractivity contribution in [3.05, 3.63) is 35.4 Å². The zero-order valence-corrected chi connectivity index (χ0v) is 9.37. The number of aliphatic hydroxyl groups is 2. The second kappa shape index (κ2) is 4.94. The minimum atomic E-state index is -3.56. The van der Waals surface area contributed by atoms with Gasteiger partial charge in [0.05, 0.1) is 12.4 Å². The summed E-state index contributed by atoms with van der Waals surface area (Å²) >= 11 is 0. The van der Waals surface area contributed by atoms with Gasteiger partial charge in [0, 0.05) is 10.7 Å². The Morgan fingerprint density at radius 2 is 1.80 bits per heavy atom. The summed E-state index contributed by atoms with van der Waals surface area (Å²) < 4.78 is 21.5. The van der Waals surface area contributed by atoms with E-state index in [0.717, 1.165) is 0 Å². The fraction of sp³-hybridized carbons (Fsp3) is 0.333. The molecule has 0 bridgehead atoms. The Hall–Kier alpha value is -0.620. The van der Waals surface area contributed by atoms with Gasteiger partial charge in [-0.2, -0.15) is 0 Å². The lowest BCUT2D eigenvalue weighted by molar-refractivity contribution is 0.0956. The van der Waals surface area contributed by atoms with Crippen LogP contribution in [-0.2, 0) is 14.8 Å². The van der Waals surface area contributed by atoms with Crippen LogP contribution in [0, 0.1) is 0 Å². The number of hydrogen-bond acceptors (Lipinski definition) is 4. The van der Waals surface area contributed by atoms with E-state index in [9.17, 15) is 13.5 Å². The molecule has 6 heteroatoms. The fourth-order valence-corrected chi connectivity index (χ4v) is 2.11. The van der Waals surface area contributed by atoms with E-state index in [2.05, 4.69) is 0 Å². The normalized spacial score (nSPS) is 13.8. The van der Waals surface area contributed by atoms with Gasteiger partial charge < -0.3 is 10.2 Å². The second-order valence-electron chi connectivity index (χ2n) is 3.12. The van der Waals surface area contributed by atoms with E-state index < -0.39 is 15.2 Å². The zero-order chi connectivity index (χ0) is 11.5.